The van der Waals surface area contributed by atoms with Gasteiger partial charge in [0.15, 0.2) is 5.82 Å². The normalized spacial score (nSPS) is 12.6. The molecule has 0 saturated heterocycles. The lowest BCUT2D eigenvalue weighted by molar-refractivity contribution is 0.126. The minimum Gasteiger partial charge on any atom is -0.374 e. The highest BCUT2D eigenvalue weighted by molar-refractivity contribution is 5.16. The number of rotatable bonds is 6. The van der Waals surface area contributed by atoms with Crippen LogP contribution in [-0.4, -0.2) is 16.7 Å². The Morgan fingerprint density at radius 3 is 2.83 bits per heavy atom. The maximum atomic E-state index is 6.03. The van der Waals surface area contributed by atoms with Crippen LogP contribution in [0.5, 0.6) is 0 Å². The number of aromatic nitrogens is 2. The lowest BCUT2D eigenvalue weighted by Gasteiger charge is -2.05. The van der Waals surface area contributed by atoms with E-state index in [1.54, 1.807) is 0 Å². The van der Waals surface area contributed by atoms with E-state index in [0.717, 1.165) is 5.56 Å². The van der Waals surface area contributed by atoms with Gasteiger partial charge in [-0.2, -0.15) is 4.98 Å². The summed E-state index contributed by atoms with van der Waals surface area (Å²) in [7, 11) is 0. The molecule has 0 fully saturated rings. The molecule has 1 aromatic heterocycles. The Labute approximate surface area is 106 Å². The van der Waals surface area contributed by atoms with Crippen LogP contribution >= 0.6 is 0 Å². The van der Waals surface area contributed by atoms with Crippen molar-refractivity contribution >= 4 is 0 Å². The van der Waals surface area contributed by atoms with Gasteiger partial charge in [-0.25, -0.2) is 0 Å². The third kappa shape index (κ3) is 3.38. The molecule has 0 bridgehead atoms. The average Bonchev–Trinajstić information content (AvgIpc) is 2.86. The Kier molecular flexibility index (Phi) is 4.44. The molecule has 0 amide bonds. The van der Waals surface area contributed by atoms with Crippen LogP contribution in [0.3, 0.4) is 0 Å². The molecule has 0 spiro atoms. The first-order chi connectivity index (χ1) is 8.79. The first-order valence-electron chi connectivity index (χ1n) is 5.99. The fraction of sp³-hybridized carbons (Fsp3) is 0.385. The topological polar surface area (TPSA) is 74.2 Å². The van der Waals surface area contributed by atoms with Gasteiger partial charge in [0.1, 0.15) is 6.61 Å². The Balaban J connectivity index is 1.96. The first-order valence-corrected chi connectivity index (χ1v) is 5.99. The summed E-state index contributed by atoms with van der Waals surface area (Å²) < 4.78 is 10.3. The molecule has 2 N–H and O–H groups in total. The number of nitrogens with zero attached hydrogens (tertiary/aromatic N) is 2. The van der Waals surface area contributed by atoms with Gasteiger partial charge in [-0.1, -0.05) is 35.5 Å². The molecule has 1 atom stereocenters. The van der Waals surface area contributed by atoms with Crippen LogP contribution in [0.4, 0.5) is 0 Å². The summed E-state index contributed by atoms with van der Waals surface area (Å²) in [6.07, 6.45) is 0.678. The minimum atomic E-state index is -0.282. The molecule has 0 aliphatic carbocycles. The number of benzene rings is 1. The van der Waals surface area contributed by atoms with E-state index in [-0.39, 0.29) is 6.04 Å². The van der Waals surface area contributed by atoms with E-state index in [0.29, 0.717) is 31.3 Å². The van der Waals surface area contributed by atoms with Crippen molar-refractivity contribution in [1.29, 1.82) is 0 Å². The van der Waals surface area contributed by atoms with Gasteiger partial charge in [-0.15, -0.1) is 0 Å². The molecule has 2 aromatic rings. The van der Waals surface area contributed by atoms with E-state index >= 15 is 0 Å². The second-order valence-corrected chi connectivity index (χ2v) is 3.98. The van der Waals surface area contributed by atoms with Crippen molar-refractivity contribution in [2.45, 2.75) is 26.0 Å². The monoisotopic (exact) mass is 247 g/mol. The van der Waals surface area contributed by atoms with Gasteiger partial charge in [0, 0.05) is 6.61 Å². The number of ether oxygens (including phenoxy) is 1. The zero-order chi connectivity index (χ0) is 12.8. The summed E-state index contributed by atoms with van der Waals surface area (Å²) in [5, 5.41) is 3.83. The average molecular weight is 247 g/mol. The highest BCUT2D eigenvalue weighted by atomic mass is 16.5. The van der Waals surface area contributed by atoms with Crippen LogP contribution in [0.1, 0.15) is 30.2 Å². The summed E-state index contributed by atoms with van der Waals surface area (Å²) in [5.74, 6) is 0.990. The molecule has 1 aromatic carbocycles. The van der Waals surface area contributed by atoms with Crippen LogP contribution in [0.2, 0.25) is 0 Å². The lowest BCUT2D eigenvalue weighted by Crippen LogP contribution is -2.13. The van der Waals surface area contributed by atoms with Gasteiger partial charge in [0.25, 0.3) is 0 Å². The van der Waals surface area contributed by atoms with Crippen molar-refractivity contribution < 1.29 is 9.26 Å². The lowest BCUT2D eigenvalue weighted by atomic mass is 10.1. The van der Waals surface area contributed by atoms with Gasteiger partial charge < -0.3 is 15.0 Å². The Bertz CT molecular complexity index is 470. The molecular formula is C13H17N3O2. The van der Waals surface area contributed by atoms with E-state index < -0.39 is 0 Å². The van der Waals surface area contributed by atoms with Crippen LogP contribution < -0.4 is 5.73 Å². The molecule has 0 aliphatic heterocycles. The molecule has 96 valence electrons. The number of nitrogens with two attached hydrogens (primary N) is 1. The Morgan fingerprint density at radius 2 is 2.11 bits per heavy atom. The fourth-order valence-corrected chi connectivity index (χ4v) is 1.63. The Morgan fingerprint density at radius 1 is 1.33 bits per heavy atom. The summed E-state index contributed by atoms with van der Waals surface area (Å²) in [6.45, 7) is 2.90. The van der Waals surface area contributed by atoms with E-state index in [1.165, 1.54) is 0 Å². The molecule has 2 rings (SSSR count). The quantitative estimate of drug-likeness (QED) is 0.843. The zero-order valence-electron chi connectivity index (χ0n) is 10.4. The van der Waals surface area contributed by atoms with Crippen LogP contribution in [0.15, 0.2) is 34.9 Å². The molecule has 5 nitrogen and oxygen atoms in total. The van der Waals surface area contributed by atoms with Gasteiger partial charge in [-0.05, 0) is 18.9 Å². The molecule has 1 heterocycles. The predicted molar refractivity (Wildman–Crippen MR) is 66.7 cm³/mol. The fourth-order valence-electron chi connectivity index (χ4n) is 1.63. The summed E-state index contributed by atoms with van der Waals surface area (Å²) in [4.78, 5) is 4.22. The van der Waals surface area contributed by atoms with Crippen molar-refractivity contribution in [3.05, 3.63) is 47.6 Å². The van der Waals surface area contributed by atoms with E-state index in [9.17, 15) is 0 Å². The van der Waals surface area contributed by atoms with Crippen molar-refractivity contribution in [1.82, 2.24) is 10.1 Å². The van der Waals surface area contributed by atoms with Crippen molar-refractivity contribution in [2.24, 2.45) is 5.73 Å². The molecule has 0 aliphatic rings. The van der Waals surface area contributed by atoms with Gasteiger partial charge in [0.2, 0.25) is 5.89 Å². The predicted octanol–water partition coefficient (Wildman–Crippen LogP) is 1.85. The standard InChI is InChI=1S/C13H17N3O2/c1-2-17-9-12-15-13(18-16-12)11(14)8-10-6-4-3-5-7-10/h3-7,11H,2,8-9,14H2,1H3. The molecule has 5 heteroatoms. The Hall–Kier alpha value is -1.72. The van der Waals surface area contributed by atoms with Crippen LogP contribution in [-0.2, 0) is 17.8 Å². The number of hydrogen-bond acceptors (Lipinski definition) is 5. The third-order valence-corrected chi connectivity index (χ3v) is 2.53. The van der Waals surface area contributed by atoms with Gasteiger partial charge >= 0.3 is 0 Å². The summed E-state index contributed by atoms with van der Waals surface area (Å²) in [5.41, 5.74) is 7.18. The van der Waals surface area contributed by atoms with E-state index in [2.05, 4.69) is 10.1 Å². The summed E-state index contributed by atoms with van der Waals surface area (Å²) >= 11 is 0. The largest absolute Gasteiger partial charge is 0.374 e. The van der Waals surface area contributed by atoms with E-state index in [1.807, 2.05) is 37.3 Å². The first kappa shape index (κ1) is 12.7. The van der Waals surface area contributed by atoms with Gasteiger partial charge in [-0.3, -0.25) is 0 Å². The molecule has 0 saturated carbocycles. The smallest absolute Gasteiger partial charge is 0.243 e. The second kappa shape index (κ2) is 6.28. The molecule has 18 heavy (non-hydrogen) atoms. The molecule has 1 unspecified atom stereocenters. The van der Waals surface area contributed by atoms with Crippen molar-refractivity contribution in [3.8, 4) is 0 Å². The maximum absolute atomic E-state index is 6.03. The zero-order valence-corrected chi connectivity index (χ0v) is 10.4. The highest BCUT2D eigenvalue weighted by Crippen LogP contribution is 2.14. The SMILES string of the molecule is CCOCc1noc(C(N)Cc2ccccc2)n1. The number of hydrogen-bond donors (Lipinski definition) is 1. The van der Waals surface area contributed by atoms with Gasteiger partial charge in [0.05, 0.1) is 6.04 Å². The van der Waals surface area contributed by atoms with Crippen LogP contribution in [0.25, 0.3) is 0 Å². The molecule has 0 radical (unpaired) electrons. The third-order valence-electron chi connectivity index (χ3n) is 2.53. The van der Waals surface area contributed by atoms with Crippen molar-refractivity contribution in [3.63, 3.8) is 0 Å². The minimum absolute atomic E-state index is 0.282. The van der Waals surface area contributed by atoms with E-state index in [4.69, 9.17) is 15.0 Å². The van der Waals surface area contributed by atoms with Crippen molar-refractivity contribution in [2.75, 3.05) is 6.61 Å². The van der Waals surface area contributed by atoms with Crippen LogP contribution in [0, 0.1) is 0 Å². The molecular weight excluding hydrogens is 230 g/mol. The maximum Gasteiger partial charge on any atom is 0.243 e. The highest BCUT2D eigenvalue weighted by Gasteiger charge is 2.15. The summed E-state index contributed by atoms with van der Waals surface area (Å²) in [6, 6.07) is 9.71. The second-order valence-electron chi connectivity index (χ2n) is 3.98.